The number of hydrogen-bond acceptors (Lipinski definition) is 5. The highest BCUT2D eigenvalue weighted by atomic mass is 16.6. The average Bonchev–Trinajstić information content (AvgIpc) is 2.31. The van der Waals surface area contributed by atoms with E-state index in [2.05, 4.69) is 0 Å². The van der Waals surface area contributed by atoms with Crippen LogP contribution in [0.2, 0.25) is 0 Å². The van der Waals surface area contributed by atoms with Crippen LogP contribution in [0.3, 0.4) is 0 Å². The summed E-state index contributed by atoms with van der Waals surface area (Å²) in [5.74, 6) is 0. The molecule has 0 heterocycles. The lowest BCUT2D eigenvalue weighted by atomic mass is 10.2. The van der Waals surface area contributed by atoms with Crippen LogP contribution >= 0.6 is 0 Å². The van der Waals surface area contributed by atoms with Crippen molar-refractivity contribution in [1.82, 2.24) is 0 Å². The number of ether oxygens (including phenoxy) is 4. The van der Waals surface area contributed by atoms with Gasteiger partial charge >= 0.3 is 0 Å². The quantitative estimate of drug-likeness (QED) is 0.401. The first-order valence-electron chi connectivity index (χ1n) is 5.66. The van der Waals surface area contributed by atoms with Crippen molar-refractivity contribution in [2.75, 3.05) is 47.3 Å². The first kappa shape index (κ1) is 15.8. The standard InChI is InChI=1S/C11H24O5/c1-13-7-8-16-10-9-15-6-4-3-5-11(12)14-2/h11-12H,3-10H2,1-2H3. The lowest BCUT2D eigenvalue weighted by Crippen LogP contribution is -2.10. The minimum atomic E-state index is -0.641. The summed E-state index contributed by atoms with van der Waals surface area (Å²) < 4.78 is 20.1. The monoisotopic (exact) mass is 236 g/mol. The number of hydrogen-bond donors (Lipinski definition) is 1. The van der Waals surface area contributed by atoms with E-state index in [0.29, 0.717) is 39.5 Å². The van der Waals surface area contributed by atoms with Crippen LogP contribution in [0.1, 0.15) is 19.3 Å². The van der Waals surface area contributed by atoms with E-state index in [1.807, 2.05) is 0 Å². The maximum absolute atomic E-state index is 9.09. The summed E-state index contributed by atoms with van der Waals surface area (Å²) in [5.41, 5.74) is 0. The topological polar surface area (TPSA) is 57.2 Å². The van der Waals surface area contributed by atoms with Gasteiger partial charge in [-0.05, 0) is 19.3 Å². The lowest BCUT2D eigenvalue weighted by Gasteiger charge is -2.08. The van der Waals surface area contributed by atoms with E-state index in [1.165, 1.54) is 7.11 Å². The van der Waals surface area contributed by atoms with E-state index in [0.717, 1.165) is 12.8 Å². The summed E-state index contributed by atoms with van der Waals surface area (Å²) in [6.45, 7) is 3.14. The Morgan fingerprint density at radius 2 is 1.50 bits per heavy atom. The Balaban J connectivity index is 2.93. The molecule has 0 fully saturated rings. The highest BCUT2D eigenvalue weighted by Gasteiger charge is 1.99. The second-order valence-corrected chi connectivity index (χ2v) is 3.40. The van der Waals surface area contributed by atoms with Crippen molar-refractivity contribution >= 4 is 0 Å². The van der Waals surface area contributed by atoms with E-state index >= 15 is 0 Å². The molecule has 0 saturated heterocycles. The molecule has 1 unspecified atom stereocenters. The second kappa shape index (κ2) is 12.9. The minimum Gasteiger partial charge on any atom is -0.382 e. The van der Waals surface area contributed by atoms with Gasteiger partial charge < -0.3 is 24.1 Å². The molecule has 16 heavy (non-hydrogen) atoms. The molecule has 0 bridgehead atoms. The van der Waals surface area contributed by atoms with E-state index in [4.69, 9.17) is 24.1 Å². The van der Waals surface area contributed by atoms with Crippen molar-refractivity contribution < 1.29 is 24.1 Å². The van der Waals surface area contributed by atoms with Crippen LogP contribution in [0.4, 0.5) is 0 Å². The van der Waals surface area contributed by atoms with E-state index in [9.17, 15) is 0 Å². The fraction of sp³-hybridized carbons (Fsp3) is 1.00. The van der Waals surface area contributed by atoms with Crippen molar-refractivity contribution in [3.05, 3.63) is 0 Å². The van der Waals surface area contributed by atoms with Crippen molar-refractivity contribution in [2.45, 2.75) is 25.6 Å². The van der Waals surface area contributed by atoms with Gasteiger partial charge in [-0.25, -0.2) is 0 Å². The van der Waals surface area contributed by atoms with Gasteiger partial charge in [0.1, 0.15) is 0 Å². The zero-order valence-electron chi connectivity index (χ0n) is 10.3. The van der Waals surface area contributed by atoms with Gasteiger partial charge in [0.25, 0.3) is 0 Å². The molecular formula is C11H24O5. The lowest BCUT2D eigenvalue weighted by molar-refractivity contribution is -0.0800. The van der Waals surface area contributed by atoms with Crippen molar-refractivity contribution in [3.8, 4) is 0 Å². The molecule has 0 radical (unpaired) electrons. The Morgan fingerprint density at radius 1 is 0.875 bits per heavy atom. The van der Waals surface area contributed by atoms with E-state index in [1.54, 1.807) is 7.11 Å². The number of methoxy groups -OCH3 is 2. The molecule has 98 valence electrons. The summed E-state index contributed by atoms with van der Waals surface area (Å²) >= 11 is 0. The van der Waals surface area contributed by atoms with Crippen LogP contribution in [-0.4, -0.2) is 58.7 Å². The fourth-order valence-electron chi connectivity index (χ4n) is 1.11. The fourth-order valence-corrected chi connectivity index (χ4v) is 1.11. The van der Waals surface area contributed by atoms with E-state index < -0.39 is 6.29 Å². The van der Waals surface area contributed by atoms with Crippen molar-refractivity contribution in [1.29, 1.82) is 0 Å². The average molecular weight is 236 g/mol. The van der Waals surface area contributed by atoms with Crippen LogP contribution in [0.15, 0.2) is 0 Å². The maximum atomic E-state index is 9.09. The molecule has 0 aliphatic carbocycles. The molecule has 0 aromatic rings. The first-order valence-corrected chi connectivity index (χ1v) is 5.66. The minimum absolute atomic E-state index is 0.601. The number of rotatable bonds is 12. The van der Waals surface area contributed by atoms with Crippen LogP contribution in [-0.2, 0) is 18.9 Å². The summed E-state index contributed by atoms with van der Waals surface area (Å²) in [5, 5.41) is 9.09. The third kappa shape index (κ3) is 11.9. The predicted octanol–water partition coefficient (Wildman–Crippen LogP) is 0.801. The summed E-state index contributed by atoms with van der Waals surface area (Å²) in [6.07, 6.45) is 1.85. The smallest absolute Gasteiger partial charge is 0.154 e. The molecule has 1 atom stereocenters. The summed E-state index contributed by atoms with van der Waals surface area (Å²) in [4.78, 5) is 0. The molecule has 0 aliphatic rings. The molecule has 0 aliphatic heterocycles. The second-order valence-electron chi connectivity index (χ2n) is 3.40. The Kier molecular flexibility index (Phi) is 12.7. The van der Waals surface area contributed by atoms with Gasteiger partial charge in [0.15, 0.2) is 6.29 Å². The van der Waals surface area contributed by atoms with Crippen LogP contribution in [0.25, 0.3) is 0 Å². The molecular weight excluding hydrogens is 212 g/mol. The van der Waals surface area contributed by atoms with Gasteiger partial charge in [0.05, 0.1) is 26.4 Å². The first-order chi connectivity index (χ1) is 7.81. The van der Waals surface area contributed by atoms with Gasteiger partial charge in [-0.2, -0.15) is 0 Å². The molecule has 5 heteroatoms. The Hall–Kier alpha value is -0.200. The van der Waals surface area contributed by atoms with Gasteiger partial charge in [-0.3, -0.25) is 0 Å². The van der Waals surface area contributed by atoms with Crippen LogP contribution < -0.4 is 0 Å². The molecule has 0 aromatic carbocycles. The molecule has 0 amide bonds. The summed E-state index contributed by atoms with van der Waals surface area (Å²) in [6, 6.07) is 0. The SMILES string of the molecule is COCCOCCOCCCCC(O)OC. The molecule has 0 rings (SSSR count). The molecule has 5 nitrogen and oxygen atoms in total. The zero-order valence-corrected chi connectivity index (χ0v) is 10.3. The number of aliphatic hydroxyl groups is 1. The Morgan fingerprint density at radius 3 is 2.12 bits per heavy atom. The highest BCUT2D eigenvalue weighted by molar-refractivity contribution is 4.44. The van der Waals surface area contributed by atoms with Crippen LogP contribution in [0, 0.1) is 0 Å². The summed E-state index contributed by atoms with van der Waals surface area (Å²) in [7, 11) is 3.15. The largest absolute Gasteiger partial charge is 0.382 e. The van der Waals surface area contributed by atoms with Crippen LogP contribution in [0.5, 0.6) is 0 Å². The van der Waals surface area contributed by atoms with Gasteiger partial charge in [0.2, 0.25) is 0 Å². The molecule has 0 saturated carbocycles. The Labute approximate surface area is 97.6 Å². The normalized spacial score (nSPS) is 12.9. The maximum Gasteiger partial charge on any atom is 0.154 e. The predicted molar refractivity (Wildman–Crippen MR) is 60.4 cm³/mol. The van der Waals surface area contributed by atoms with Gasteiger partial charge in [-0.15, -0.1) is 0 Å². The zero-order chi connectivity index (χ0) is 12.1. The number of unbranched alkanes of at least 4 members (excludes halogenated alkanes) is 1. The van der Waals surface area contributed by atoms with Crippen molar-refractivity contribution in [3.63, 3.8) is 0 Å². The Bertz CT molecular complexity index is 132. The van der Waals surface area contributed by atoms with Crippen molar-refractivity contribution in [2.24, 2.45) is 0 Å². The highest BCUT2D eigenvalue weighted by Crippen LogP contribution is 2.01. The van der Waals surface area contributed by atoms with Gasteiger partial charge in [0, 0.05) is 20.8 Å². The third-order valence-electron chi connectivity index (χ3n) is 2.07. The third-order valence-corrected chi connectivity index (χ3v) is 2.07. The number of aliphatic hydroxyl groups excluding tert-OH is 1. The molecule has 0 aromatic heterocycles. The van der Waals surface area contributed by atoms with E-state index in [-0.39, 0.29) is 0 Å². The molecule has 0 spiro atoms. The van der Waals surface area contributed by atoms with Gasteiger partial charge in [-0.1, -0.05) is 0 Å². The molecule has 1 N–H and O–H groups in total.